The molecule has 0 aromatic heterocycles. The van der Waals surface area contributed by atoms with Crippen LogP contribution in [0, 0.1) is 0 Å². The van der Waals surface area contributed by atoms with Crippen LogP contribution in [-0.2, 0) is 19.6 Å². The summed E-state index contributed by atoms with van der Waals surface area (Å²) in [6.45, 7) is 7.63. The number of nitrogens with one attached hydrogen (secondary N) is 1. The lowest BCUT2D eigenvalue weighted by molar-refractivity contribution is -0.133. The molecule has 0 unspecified atom stereocenters. The van der Waals surface area contributed by atoms with Gasteiger partial charge in [-0.05, 0) is 32.0 Å². The van der Waals surface area contributed by atoms with E-state index in [1.165, 1.54) is 37.2 Å². The average Bonchev–Trinajstić information content (AvgIpc) is 2.67. The minimum absolute atomic E-state index is 0.0443. The number of ether oxygens (including phenoxy) is 1. The summed E-state index contributed by atoms with van der Waals surface area (Å²) in [5, 5.41) is 11.8. The zero-order chi connectivity index (χ0) is 22.2. The van der Waals surface area contributed by atoms with Crippen LogP contribution >= 0.6 is 0 Å². The molecule has 0 saturated heterocycles. The number of aliphatic hydroxyl groups is 1. The van der Waals surface area contributed by atoms with Crippen LogP contribution in [0.5, 0.6) is 0 Å². The second-order valence-electron chi connectivity index (χ2n) is 6.59. The van der Waals surface area contributed by atoms with Gasteiger partial charge in [-0.25, -0.2) is 17.5 Å². The number of aliphatic hydroxyl groups excluding tert-OH is 1. The van der Waals surface area contributed by atoms with Gasteiger partial charge in [0.2, 0.25) is 10.0 Å². The molecule has 162 valence electrons. The van der Waals surface area contributed by atoms with Gasteiger partial charge < -0.3 is 20.1 Å². The van der Waals surface area contributed by atoms with E-state index in [0.717, 1.165) is 9.88 Å². The van der Waals surface area contributed by atoms with E-state index in [2.05, 4.69) is 11.9 Å². The number of hydrogen-bond donors (Lipinski definition) is 2. The molecule has 29 heavy (non-hydrogen) atoms. The molecule has 1 rings (SSSR count). The third-order valence-corrected chi connectivity index (χ3v) is 5.75. The lowest BCUT2D eigenvalue weighted by atomic mass is 10.2. The zero-order valence-corrected chi connectivity index (χ0v) is 18.1. The molecule has 0 heterocycles. The van der Waals surface area contributed by atoms with Crippen molar-refractivity contribution in [1.82, 2.24) is 9.21 Å². The van der Waals surface area contributed by atoms with Crippen molar-refractivity contribution in [3.05, 3.63) is 35.9 Å². The number of nitrogens with zero attached hydrogens (tertiary/aromatic N) is 2. The van der Waals surface area contributed by atoms with Gasteiger partial charge >= 0.3 is 5.97 Å². The quantitative estimate of drug-likeness (QED) is 0.398. The Bertz CT molecular complexity index is 852. The van der Waals surface area contributed by atoms with Gasteiger partial charge in [-0.15, -0.1) is 0 Å². The van der Waals surface area contributed by atoms with Crippen LogP contribution in [0.1, 0.15) is 24.2 Å². The predicted molar refractivity (Wildman–Crippen MR) is 110 cm³/mol. The van der Waals surface area contributed by atoms with Crippen LogP contribution in [0.15, 0.2) is 35.2 Å². The van der Waals surface area contributed by atoms with Crippen LogP contribution in [0.25, 0.3) is 0 Å². The molecule has 0 radical (unpaired) electrons. The minimum atomic E-state index is -3.77. The third-order valence-electron chi connectivity index (χ3n) is 3.94. The molecule has 1 aromatic rings. The maximum Gasteiger partial charge on any atom is 0.340 e. The molecule has 0 bridgehead atoms. The van der Waals surface area contributed by atoms with Gasteiger partial charge in [0.1, 0.15) is 0 Å². The number of amides is 1. The van der Waals surface area contributed by atoms with E-state index in [1.807, 2.05) is 0 Å². The Morgan fingerprint density at radius 1 is 1.28 bits per heavy atom. The molecular weight excluding hydrogens is 398 g/mol. The van der Waals surface area contributed by atoms with E-state index in [9.17, 15) is 18.0 Å². The largest absolute Gasteiger partial charge is 0.452 e. The number of rotatable bonds is 11. The van der Waals surface area contributed by atoms with E-state index in [-0.39, 0.29) is 29.5 Å². The van der Waals surface area contributed by atoms with Gasteiger partial charge in [0.05, 0.1) is 17.1 Å². The van der Waals surface area contributed by atoms with E-state index < -0.39 is 22.6 Å². The Balaban J connectivity index is 3.10. The first-order chi connectivity index (χ1) is 13.5. The smallest absolute Gasteiger partial charge is 0.340 e. The van der Waals surface area contributed by atoms with Crippen LogP contribution < -0.4 is 5.32 Å². The normalized spacial score (nSPS) is 11.2. The Morgan fingerprint density at radius 2 is 1.93 bits per heavy atom. The molecule has 1 aromatic carbocycles. The molecule has 0 aliphatic rings. The Morgan fingerprint density at radius 3 is 2.45 bits per heavy atom. The summed E-state index contributed by atoms with van der Waals surface area (Å²) in [6, 6.07) is 3.96. The van der Waals surface area contributed by atoms with Gasteiger partial charge in [-0.1, -0.05) is 12.2 Å². The van der Waals surface area contributed by atoms with Crippen molar-refractivity contribution < 1.29 is 27.9 Å². The van der Waals surface area contributed by atoms with Crippen molar-refractivity contribution in [1.29, 1.82) is 0 Å². The van der Waals surface area contributed by atoms with Crippen molar-refractivity contribution in [2.24, 2.45) is 0 Å². The second kappa shape index (κ2) is 10.9. The van der Waals surface area contributed by atoms with Crippen molar-refractivity contribution in [2.75, 3.05) is 52.3 Å². The fourth-order valence-electron chi connectivity index (χ4n) is 2.41. The van der Waals surface area contributed by atoms with Gasteiger partial charge in [0.25, 0.3) is 5.91 Å². The number of carbonyl (C=O) groups is 2. The van der Waals surface area contributed by atoms with E-state index >= 15 is 0 Å². The van der Waals surface area contributed by atoms with Crippen molar-refractivity contribution in [3.8, 4) is 0 Å². The Kier molecular flexibility index (Phi) is 9.28. The first kappa shape index (κ1) is 24.6. The Labute approximate surface area is 172 Å². The van der Waals surface area contributed by atoms with E-state index in [0.29, 0.717) is 18.8 Å². The van der Waals surface area contributed by atoms with Gasteiger partial charge in [0, 0.05) is 39.4 Å². The van der Waals surface area contributed by atoms with Crippen LogP contribution in [0.4, 0.5) is 5.69 Å². The number of benzene rings is 1. The third kappa shape index (κ3) is 6.84. The molecule has 9 nitrogen and oxygen atoms in total. The van der Waals surface area contributed by atoms with E-state index in [4.69, 9.17) is 9.84 Å². The summed E-state index contributed by atoms with van der Waals surface area (Å²) >= 11 is 0. The highest BCUT2D eigenvalue weighted by Gasteiger charge is 2.23. The second-order valence-corrected chi connectivity index (χ2v) is 8.74. The van der Waals surface area contributed by atoms with Gasteiger partial charge in [-0.3, -0.25) is 4.79 Å². The van der Waals surface area contributed by atoms with Crippen molar-refractivity contribution in [3.63, 3.8) is 0 Å². The zero-order valence-electron chi connectivity index (χ0n) is 17.3. The SMILES string of the molecule is C=C(C)CN(CC)C(=O)COC(=O)c1cc(S(=O)(=O)N(C)C)ccc1NCCO. The Hall–Kier alpha value is -2.43. The van der Waals surface area contributed by atoms with Crippen LogP contribution in [0.2, 0.25) is 0 Å². The summed E-state index contributed by atoms with van der Waals surface area (Å²) in [7, 11) is -1.01. The molecule has 1 amide bonds. The molecule has 10 heteroatoms. The number of hydrogen-bond acceptors (Lipinski definition) is 7. The molecule has 0 saturated carbocycles. The lowest BCUT2D eigenvalue weighted by Gasteiger charge is -2.21. The maximum absolute atomic E-state index is 12.6. The summed E-state index contributed by atoms with van der Waals surface area (Å²) in [5.74, 6) is -1.23. The monoisotopic (exact) mass is 427 g/mol. The molecule has 2 N–H and O–H groups in total. The van der Waals surface area contributed by atoms with Crippen molar-refractivity contribution >= 4 is 27.6 Å². The highest BCUT2D eigenvalue weighted by atomic mass is 32.2. The highest BCUT2D eigenvalue weighted by molar-refractivity contribution is 7.89. The number of carbonyl (C=O) groups excluding carboxylic acids is 2. The molecule has 0 atom stereocenters. The molecule has 0 aliphatic heterocycles. The molecule has 0 fully saturated rings. The minimum Gasteiger partial charge on any atom is -0.452 e. The average molecular weight is 428 g/mol. The first-order valence-electron chi connectivity index (χ1n) is 9.05. The number of anilines is 1. The topological polar surface area (TPSA) is 116 Å². The number of esters is 1. The fraction of sp³-hybridized carbons (Fsp3) is 0.474. The van der Waals surface area contributed by atoms with Crippen molar-refractivity contribution in [2.45, 2.75) is 18.7 Å². The molecule has 0 spiro atoms. The van der Waals surface area contributed by atoms with Crippen LogP contribution in [-0.4, -0.2) is 81.5 Å². The predicted octanol–water partition coefficient (Wildman–Crippen LogP) is 0.922. The fourth-order valence-corrected chi connectivity index (χ4v) is 3.34. The molecular formula is C19H29N3O6S. The summed E-state index contributed by atoms with van der Waals surface area (Å²) in [6.07, 6.45) is 0. The summed E-state index contributed by atoms with van der Waals surface area (Å²) in [5.41, 5.74) is 1.05. The number of likely N-dealkylation sites (N-methyl/N-ethyl adjacent to an activating group) is 1. The standard InChI is InChI=1S/C19H29N3O6S/c1-6-22(12-14(2)3)18(24)13-28-19(25)16-11-15(29(26,27)21(4)5)7-8-17(16)20-9-10-23/h7-8,11,20,23H,2,6,9-10,12-13H2,1,3-5H3. The maximum atomic E-state index is 12.6. The molecule has 0 aliphatic carbocycles. The van der Waals surface area contributed by atoms with Gasteiger partial charge in [-0.2, -0.15) is 0 Å². The van der Waals surface area contributed by atoms with Crippen LogP contribution in [0.3, 0.4) is 0 Å². The lowest BCUT2D eigenvalue weighted by Crippen LogP contribution is -2.35. The summed E-state index contributed by atoms with van der Waals surface area (Å²) in [4.78, 5) is 26.3. The first-order valence-corrected chi connectivity index (χ1v) is 10.5. The highest BCUT2D eigenvalue weighted by Crippen LogP contribution is 2.23. The van der Waals surface area contributed by atoms with Gasteiger partial charge in [0.15, 0.2) is 6.61 Å². The van der Waals surface area contributed by atoms with E-state index in [1.54, 1.807) is 13.8 Å². The number of sulfonamides is 1. The summed E-state index contributed by atoms with van der Waals surface area (Å²) < 4.78 is 30.9.